The molecule has 1 amide bonds. The van der Waals surface area contributed by atoms with Crippen LogP contribution in [0.25, 0.3) is 11.1 Å². The monoisotopic (exact) mass is 444 g/mol. The quantitative estimate of drug-likeness (QED) is 0.402. The van der Waals surface area contributed by atoms with Gasteiger partial charge < -0.3 is 0 Å². The van der Waals surface area contributed by atoms with Gasteiger partial charge in [0.2, 0.25) is 5.91 Å². The molecule has 0 aliphatic heterocycles. The number of carbonyl (C=O) groups is 1. The van der Waals surface area contributed by atoms with E-state index in [-0.39, 0.29) is 18.9 Å². The van der Waals surface area contributed by atoms with Crippen LogP contribution in [0.1, 0.15) is 54.7 Å². The normalized spacial score (nSPS) is 14.2. The molecule has 0 spiro atoms. The summed E-state index contributed by atoms with van der Waals surface area (Å²) in [7, 11) is 0. The van der Waals surface area contributed by atoms with Crippen molar-refractivity contribution in [1.29, 1.82) is 0 Å². The zero-order chi connectivity index (χ0) is 22.7. The zero-order valence-electron chi connectivity index (χ0n) is 17.5. The molecule has 2 heterocycles. The van der Waals surface area contributed by atoms with E-state index >= 15 is 0 Å². The van der Waals surface area contributed by atoms with E-state index in [1.807, 2.05) is 24.3 Å². The number of H-pyrrole nitrogens is 1. The predicted molar refractivity (Wildman–Crippen MR) is 113 cm³/mol. The number of rotatable bonds is 8. The second-order valence-electron chi connectivity index (χ2n) is 7.74. The van der Waals surface area contributed by atoms with E-state index < -0.39 is 17.8 Å². The number of hydrazone groups is 1. The minimum atomic E-state index is -4.50. The minimum absolute atomic E-state index is 0.0374. The molecule has 0 bridgehead atoms. The highest BCUT2D eigenvalue weighted by Crippen LogP contribution is 2.42. The molecule has 10 heteroatoms. The molecule has 0 saturated heterocycles. The molecule has 4 rings (SSSR count). The van der Waals surface area contributed by atoms with Crippen molar-refractivity contribution < 1.29 is 18.0 Å². The lowest BCUT2D eigenvalue weighted by molar-refractivity contribution is -0.141. The molecular weight excluding hydrogens is 421 g/mol. The fraction of sp³-hybridized carbons (Fsp3) is 0.364. The number of alkyl halides is 3. The van der Waals surface area contributed by atoms with Crippen molar-refractivity contribution in [1.82, 2.24) is 25.4 Å². The first-order valence-corrected chi connectivity index (χ1v) is 10.4. The van der Waals surface area contributed by atoms with E-state index in [0.29, 0.717) is 11.4 Å². The zero-order valence-corrected chi connectivity index (χ0v) is 17.5. The molecule has 1 aliphatic carbocycles. The van der Waals surface area contributed by atoms with Gasteiger partial charge in [0.05, 0.1) is 24.7 Å². The van der Waals surface area contributed by atoms with Crippen LogP contribution in [0.2, 0.25) is 0 Å². The number of amides is 1. The number of hydrogen-bond acceptors (Lipinski definition) is 4. The maximum absolute atomic E-state index is 13.0. The van der Waals surface area contributed by atoms with Crippen LogP contribution in [-0.4, -0.2) is 32.1 Å². The highest BCUT2D eigenvalue weighted by molar-refractivity contribution is 5.88. The maximum Gasteiger partial charge on any atom is 0.435 e. The van der Waals surface area contributed by atoms with Gasteiger partial charge in [0.25, 0.3) is 0 Å². The molecular formula is C22H23F3N6O. The molecule has 1 saturated carbocycles. The average molecular weight is 444 g/mol. The third-order valence-electron chi connectivity index (χ3n) is 5.37. The second kappa shape index (κ2) is 8.97. The molecule has 3 aromatic rings. The number of carbonyl (C=O) groups excluding carboxylic acids is 1. The van der Waals surface area contributed by atoms with Crippen LogP contribution in [-0.2, 0) is 23.9 Å². The van der Waals surface area contributed by atoms with Crippen LogP contribution >= 0.6 is 0 Å². The van der Waals surface area contributed by atoms with Gasteiger partial charge in [0.15, 0.2) is 5.69 Å². The molecule has 0 unspecified atom stereocenters. The Balaban J connectivity index is 1.35. The summed E-state index contributed by atoms with van der Waals surface area (Å²) in [5.74, 6) is -0.328. The van der Waals surface area contributed by atoms with E-state index in [9.17, 15) is 18.0 Å². The van der Waals surface area contributed by atoms with Gasteiger partial charge in [-0.15, -0.1) is 0 Å². The number of benzene rings is 1. The number of hydrogen-bond donors (Lipinski definition) is 2. The molecule has 1 fully saturated rings. The van der Waals surface area contributed by atoms with Gasteiger partial charge in [-0.25, -0.2) is 5.43 Å². The summed E-state index contributed by atoms with van der Waals surface area (Å²) in [6, 6.07) is 9.16. The van der Waals surface area contributed by atoms with Crippen LogP contribution in [0.3, 0.4) is 0 Å². The van der Waals surface area contributed by atoms with Gasteiger partial charge in [0.1, 0.15) is 0 Å². The first-order valence-electron chi connectivity index (χ1n) is 10.4. The van der Waals surface area contributed by atoms with E-state index in [2.05, 4.69) is 32.7 Å². The van der Waals surface area contributed by atoms with Gasteiger partial charge in [-0.2, -0.15) is 28.5 Å². The first kappa shape index (κ1) is 21.8. The summed E-state index contributed by atoms with van der Waals surface area (Å²) < 4.78 is 40.2. The summed E-state index contributed by atoms with van der Waals surface area (Å²) in [6.07, 6.45) is 1.23. The van der Waals surface area contributed by atoms with Crippen LogP contribution in [0, 0.1) is 0 Å². The summed E-state index contributed by atoms with van der Waals surface area (Å²) in [5, 5.41) is 14.5. The average Bonchev–Trinajstić information content (AvgIpc) is 3.34. The van der Waals surface area contributed by atoms with Crippen molar-refractivity contribution in [2.45, 2.75) is 51.2 Å². The number of aryl methyl sites for hydroxylation is 2. The number of nitrogens with zero attached hydrogens (tertiary/aromatic N) is 4. The van der Waals surface area contributed by atoms with Crippen molar-refractivity contribution in [3.05, 3.63) is 59.2 Å². The molecule has 168 valence electrons. The molecule has 2 aromatic heterocycles. The van der Waals surface area contributed by atoms with E-state index in [0.717, 1.165) is 36.5 Å². The number of nitrogens with one attached hydrogen (secondary N) is 2. The topological polar surface area (TPSA) is 88.0 Å². The molecule has 32 heavy (non-hydrogen) atoms. The fourth-order valence-electron chi connectivity index (χ4n) is 3.43. The highest BCUT2D eigenvalue weighted by atomic mass is 19.4. The molecule has 0 atom stereocenters. The van der Waals surface area contributed by atoms with Gasteiger partial charge >= 0.3 is 6.18 Å². The van der Waals surface area contributed by atoms with Crippen molar-refractivity contribution in [2.75, 3.05) is 0 Å². The Bertz CT molecular complexity index is 1110. The van der Waals surface area contributed by atoms with Gasteiger partial charge in [-0.1, -0.05) is 31.2 Å². The van der Waals surface area contributed by atoms with Gasteiger partial charge in [-0.05, 0) is 36.5 Å². The van der Waals surface area contributed by atoms with Crippen molar-refractivity contribution >= 4 is 12.1 Å². The Kier molecular flexibility index (Phi) is 6.11. The lowest BCUT2D eigenvalue weighted by atomic mass is 10.0. The molecule has 0 radical (unpaired) electrons. The Morgan fingerprint density at radius 1 is 1.31 bits per heavy atom. The largest absolute Gasteiger partial charge is 0.435 e. The third kappa shape index (κ3) is 5.06. The maximum atomic E-state index is 13.0. The summed E-state index contributed by atoms with van der Waals surface area (Å²) in [5.41, 5.74) is 5.69. The SMILES string of the molecule is CCc1ccc(-c2cn[nH]c2C=NNC(=O)CCn2nc(C(F)(F)F)cc2C2CC2)cc1. The van der Waals surface area contributed by atoms with E-state index in [4.69, 9.17) is 0 Å². The van der Waals surface area contributed by atoms with Gasteiger partial charge in [-0.3, -0.25) is 14.6 Å². The predicted octanol–water partition coefficient (Wildman–Crippen LogP) is 4.27. The van der Waals surface area contributed by atoms with Crippen LogP contribution < -0.4 is 5.43 Å². The number of aromatic nitrogens is 4. The number of aromatic amines is 1. The summed E-state index contributed by atoms with van der Waals surface area (Å²) in [6.45, 7) is 2.14. The standard InChI is InChI=1S/C22H23F3N6O/c1-2-14-3-5-15(6-4-14)17-12-26-28-18(17)13-27-29-21(32)9-10-31-19(16-7-8-16)11-20(30-31)22(23,24)25/h3-6,11-13,16H,2,7-10H2,1H3,(H,26,28)(H,29,32). The lowest BCUT2D eigenvalue weighted by Crippen LogP contribution is -2.20. The third-order valence-corrected chi connectivity index (χ3v) is 5.37. The van der Waals surface area contributed by atoms with Gasteiger partial charge in [0, 0.05) is 23.6 Å². The van der Waals surface area contributed by atoms with Crippen LogP contribution in [0.5, 0.6) is 0 Å². The summed E-state index contributed by atoms with van der Waals surface area (Å²) >= 11 is 0. The Morgan fingerprint density at radius 2 is 2.06 bits per heavy atom. The molecule has 1 aromatic carbocycles. The smallest absolute Gasteiger partial charge is 0.276 e. The fourth-order valence-corrected chi connectivity index (χ4v) is 3.43. The Hall–Kier alpha value is -3.43. The Labute approximate surface area is 182 Å². The first-order chi connectivity index (χ1) is 15.3. The molecule has 7 nitrogen and oxygen atoms in total. The van der Waals surface area contributed by atoms with Crippen LogP contribution in [0.4, 0.5) is 13.2 Å². The minimum Gasteiger partial charge on any atom is -0.276 e. The van der Waals surface area contributed by atoms with Crippen molar-refractivity contribution in [3.8, 4) is 11.1 Å². The van der Waals surface area contributed by atoms with Crippen molar-refractivity contribution in [2.24, 2.45) is 5.10 Å². The molecule has 2 N–H and O–H groups in total. The summed E-state index contributed by atoms with van der Waals surface area (Å²) in [4.78, 5) is 12.2. The Morgan fingerprint density at radius 3 is 2.72 bits per heavy atom. The second-order valence-corrected chi connectivity index (χ2v) is 7.74. The van der Waals surface area contributed by atoms with Crippen molar-refractivity contribution in [3.63, 3.8) is 0 Å². The molecule has 1 aliphatic rings. The number of halogens is 3. The van der Waals surface area contributed by atoms with Crippen LogP contribution in [0.15, 0.2) is 41.6 Å². The lowest BCUT2D eigenvalue weighted by Gasteiger charge is -2.06. The van der Waals surface area contributed by atoms with E-state index in [1.54, 1.807) is 6.20 Å². The van der Waals surface area contributed by atoms with E-state index in [1.165, 1.54) is 16.5 Å². The highest BCUT2D eigenvalue weighted by Gasteiger charge is 2.37.